The largest absolute Gasteiger partial charge is 0.444 e. The average Bonchev–Trinajstić information content (AvgIpc) is 2.83. The Balaban J connectivity index is 2.26. The molecule has 130 valence electrons. The zero-order valence-corrected chi connectivity index (χ0v) is 15.5. The maximum atomic E-state index is 11.9. The minimum atomic E-state index is -0.434. The first-order valence-corrected chi connectivity index (χ1v) is 8.50. The van der Waals surface area contributed by atoms with Crippen LogP contribution < -0.4 is 5.32 Å². The van der Waals surface area contributed by atoms with E-state index >= 15 is 0 Å². The monoisotopic (exact) mass is 313 g/mol. The van der Waals surface area contributed by atoms with Crippen LogP contribution in [0.3, 0.4) is 0 Å². The predicted molar refractivity (Wildman–Crippen MR) is 91.1 cm³/mol. The molecule has 0 aromatic rings. The summed E-state index contributed by atoms with van der Waals surface area (Å²) in [6.07, 6.45) is 0.971. The van der Waals surface area contributed by atoms with Crippen LogP contribution in [0.5, 0.6) is 0 Å². The summed E-state index contributed by atoms with van der Waals surface area (Å²) in [5.74, 6) is 0.408. The molecule has 5 nitrogen and oxygen atoms in total. The van der Waals surface area contributed by atoms with Gasteiger partial charge in [-0.15, -0.1) is 0 Å². The number of nitrogens with one attached hydrogen (secondary N) is 1. The Hall–Kier alpha value is -0.810. The molecule has 1 saturated heterocycles. The fraction of sp³-hybridized carbons (Fsp3) is 0.941. The van der Waals surface area contributed by atoms with Crippen molar-refractivity contribution in [1.29, 1.82) is 0 Å². The van der Waals surface area contributed by atoms with E-state index in [9.17, 15) is 4.79 Å². The van der Waals surface area contributed by atoms with Crippen LogP contribution in [-0.4, -0.2) is 66.8 Å². The molecule has 1 rings (SSSR count). The van der Waals surface area contributed by atoms with Gasteiger partial charge in [0.25, 0.3) is 0 Å². The Kier molecular flexibility index (Phi) is 7.13. The van der Waals surface area contributed by atoms with Gasteiger partial charge in [0.05, 0.1) is 0 Å². The second kappa shape index (κ2) is 8.16. The van der Waals surface area contributed by atoms with Crippen molar-refractivity contribution in [3.63, 3.8) is 0 Å². The smallest absolute Gasteiger partial charge is 0.410 e. The number of ether oxygens (including phenoxy) is 1. The minimum Gasteiger partial charge on any atom is -0.444 e. The second-order valence-electron chi connectivity index (χ2n) is 7.95. The van der Waals surface area contributed by atoms with E-state index in [0.717, 1.165) is 13.1 Å². The van der Waals surface area contributed by atoms with Gasteiger partial charge in [-0.05, 0) is 60.0 Å². The van der Waals surface area contributed by atoms with Gasteiger partial charge in [0.1, 0.15) is 5.60 Å². The first-order valence-electron chi connectivity index (χ1n) is 8.50. The first-order chi connectivity index (χ1) is 10.1. The van der Waals surface area contributed by atoms with E-state index in [0.29, 0.717) is 24.5 Å². The molecule has 0 spiro atoms. The Labute approximate surface area is 136 Å². The molecular formula is C17H35N3O2. The molecule has 5 heteroatoms. The minimum absolute atomic E-state index is 0.244. The van der Waals surface area contributed by atoms with Crippen molar-refractivity contribution in [3.05, 3.63) is 0 Å². The van der Waals surface area contributed by atoms with Crippen LogP contribution in [0.4, 0.5) is 4.79 Å². The third kappa shape index (κ3) is 6.97. The van der Waals surface area contributed by atoms with Crippen LogP contribution in [-0.2, 0) is 4.74 Å². The van der Waals surface area contributed by atoms with Crippen molar-refractivity contribution in [1.82, 2.24) is 15.1 Å². The van der Waals surface area contributed by atoms with E-state index in [4.69, 9.17) is 4.74 Å². The van der Waals surface area contributed by atoms with Gasteiger partial charge in [0.15, 0.2) is 0 Å². The molecule has 0 saturated carbocycles. The molecule has 1 N–H and O–H groups in total. The van der Waals surface area contributed by atoms with Crippen LogP contribution in [0, 0.1) is 5.92 Å². The number of hydrogen-bond acceptors (Lipinski definition) is 4. The Morgan fingerprint density at radius 3 is 2.50 bits per heavy atom. The summed E-state index contributed by atoms with van der Waals surface area (Å²) >= 11 is 0. The van der Waals surface area contributed by atoms with Gasteiger partial charge in [0.2, 0.25) is 0 Å². The van der Waals surface area contributed by atoms with Gasteiger partial charge in [-0.1, -0.05) is 6.92 Å². The van der Waals surface area contributed by atoms with E-state index in [1.54, 1.807) is 11.9 Å². The Morgan fingerprint density at radius 1 is 1.36 bits per heavy atom. The molecule has 1 heterocycles. The molecule has 1 amide bonds. The highest BCUT2D eigenvalue weighted by Crippen LogP contribution is 2.13. The lowest BCUT2D eigenvalue weighted by Gasteiger charge is -2.27. The lowest BCUT2D eigenvalue weighted by Crippen LogP contribution is -2.41. The van der Waals surface area contributed by atoms with Gasteiger partial charge < -0.3 is 15.0 Å². The summed E-state index contributed by atoms with van der Waals surface area (Å²) in [6, 6.07) is 1.21. The third-order valence-corrected chi connectivity index (χ3v) is 4.00. The summed E-state index contributed by atoms with van der Waals surface area (Å²) < 4.78 is 5.38. The molecule has 1 aliphatic heterocycles. The number of hydrogen-bond donors (Lipinski definition) is 1. The Bertz CT molecular complexity index is 352. The molecule has 0 aromatic heterocycles. The fourth-order valence-electron chi connectivity index (χ4n) is 2.74. The van der Waals surface area contributed by atoms with Crippen molar-refractivity contribution in [2.24, 2.45) is 5.92 Å². The summed E-state index contributed by atoms with van der Waals surface area (Å²) in [5.41, 5.74) is -0.434. The van der Waals surface area contributed by atoms with E-state index in [1.807, 2.05) is 20.8 Å². The molecule has 0 aromatic carbocycles. The van der Waals surface area contributed by atoms with Gasteiger partial charge in [-0.2, -0.15) is 0 Å². The molecule has 0 aliphatic carbocycles. The van der Waals surface area contributed by atoms with E-state index in [-0.39, 0.29) is 6.09 Å². The number of amides is 1. The zero-order valence-electron chi connectivity index (χ0n) is 15.5. The molecular weight excluding hydrogens is 278 g/mol. The highest BCUT2D eigenvalue weighted by Gasteiger charge is 2.25. The first kappa shape index (κ1) is 19.2. The summed E-state index contributed by atoms with van der Waals surface area (Å²) in [6.45, 7) is 16.3. The maximum Gasteiger partial charge on any atom is 0.410 e. The second-order valence-corrected chi connectivity index (χ2v) is 7.95. The van der Waals surface area contributed by atoms with Gasteiger partial charge >= 0.3 is 6.09 Å². The topological polar surface area (TPSA) is 44.8 Å². The predicted octanol–water partition coefficient (Wildman–Crippen LogP) is 2.56. The van der Waals surface area contributed by atoms with Crippen molar-refractivity contribution in [2.45, 2.75) is 65.6 Å². The van der Waals surface area contributed by atoms with Gasteiger partial charge in [0, 0.05) is 32.2 Å². The Morgan fingerprint density at radius 2 is 2.00 bits per heavy atom. The number of carbonyl (C=O) groups excluding carboxylic acids is 1. The number of rotatable bonds is 6. The van der Waals surface area contributed by atoms with Crippen molar-refractivity contribution < 1.29 is 9.53 Å². The molecule has 0 radical (unpaired) electrons. The fourth-order valence-corrected chi connectivity index (χ4v) is 2.74. The van der Waals surface area contributed by atoms with Crippen LogP contribution in [0.2, 0.25) is 0 Å². The number of nitrogens with zero attached hydrogens (tertiary/aromatic N) is 2. The quantitative estimate of drug-likeness (QED) is 0.818. The summed E-state index contributed by atoms with van der Waals surface area (Å²) in [4.78, 5) is 16.1. The maximum absolute atomic E-state index is 11.9. The van der Waals surface area contributed by atoms with Gasteiger partial charge in [-0.25, -0.2) is 4.79 Å². The van der Waals surface area contributed by atoms with Crippen molar-refractivity contribution in [2.75, 3.05) is 33.2 Å². The van der Waals surface area contributed by atoms with Crippen LogP contribution in [0.15, 0.2) is 0 Å². The lowest BCUT2D eigenvalue weighted by atomic mass is 10.1. The third-order valence-electron chi connectivity index (χ3n) is 4.00. The summed E-state index contributed by atoms with van der Waals surface area (Å²) in [7, 11) is 1.81. The van der Waals surface area contributed by atoms with Crippen molar-refractivity contribution in [3.8, 4) is 0 Å². The standard InChI is InChI=1S/C17H35N3O2/c1-13(2)20-9-8-15(12-20)18-10-14(3)11-19(7)16(21)22-17(4,5)6/h13-15,18H,8-12H2,1-7H3. The summed E-state index contributed by atoms with van der Waals surface area (Å²) in [5, 5.41) is 3.64. The van der Waals surface area contributed by atoms with Crippen LogP contribution >= 0.6 is 0 Å². The van der Waals surface area contributed by atoms with Crippen LogP contribution in [0.25, 0.3) is 0 Å². The van der Waals surface area contributed by atoms with E-state index < -0.39 is 5.60 Å². The molecule has 0 bridgehead atoms. The average molecular weight is 313 g/mol. The van der Waals surface area contributed by atoms with Gasteiger partial charge in [-0.3, -0.25) is 4.90 Å². The highest BCUT2D eigenvalue weighted by molar-refractivity contribution is 5.67. The molecule has 22 heavy (non-hydrogen) atoms. The zero-order chi connectivity index (χ0) is 16.9. The normalized spacial score (nSPS) is 21.2. The SMILES string of the molecule is CC(CNC1CCN(C(C)C)C1)CN(C)C(=O)OC(C)(C)C. The molecule has 1 fully saturated rings. The number of likely N-dealkylation sites (tertiary alicyclic amines) is 1. The molecule has 2 unspecified atom stereocenters. The van der Waals surface area contributed by atoms with E-state index in [2.05, 4.69) is 31.0 Å². The van der Waals surface area contributed by atoms with E-state index in [1.165, 1.54) is 13.0 Å². The number of carbonyl (C=O) groups is 1. The lowest BCUT2D eigenvalue weighted by molar-refractivity contribution is 0.0276. The van der Waals surface area contributed by atoms with Crippen LogP contribution in [0.1, 0.15) is 48.0 Å². The highest BCUT2D eigenvalue weighted by atomic mass is 16.6. The van der Waals surface area contributed by atoms with Crippen molar-refractivity contribution >= 4 is 6.09 Å². The molecule has 1 aliphatic rings. The molecule has 2 atom stereocenters.